The summed E-state index contributed by atoms with van der Waals surface area (Å²) in [5.74, 6) is 2.54. The Labute approximate surface area is 145 Å². The molecule has 1 aliphatic rings. The molecule has 0 spiro atoms. The fourth-order valence-corrected chi connectivity index (χ4v) is 3.63. The molecule has 0 unspecified atom stereocenters. The summed E-state index contributed by atoms with van der Waals surface area (Å²) in [6, 6.07) is 8.55. The average Bonchev–Trinajstić information content (AvgIpc) is 3.07. The Balaban J connectivity index is 1.81. The van der Waals surface area contributed by atoms with E-state index in [1.165, 1.54) is 18.5 Å². The summed E-state index contributed by atoms with van der Waals surface area (Å²) in [5, 5.41) is 4.12. The van der Waals surface area contributed by atoms with Gasteiger partial charge in [0.25, 0.3) is 0 Å². The highest BCUT2D eigenvalue weighted by Crippen LogP contribution is 2.40. The highest BCUT2D eigenvalue weighted by molar-refractivity contribution is 5.90. The number of aryl methyl sites for hydroxylation is 3. The second-order valence-corrected chi connectivity index (χ2v) is 7.01. The lowest BCUT2D eigenvalue weighted by Gasteiger charge is -2.10. The van der Waals surface area contributed by atoms with E-state index in [0.29, 0.717) is 5.92 Å². The van der Waals surface area contributed by atoms with Crippen LogP contribution in [0.1, 0.15) is 41.7 Å². The summed E-state index contributed by atoms with van der Waals surface area (Å²) in [6.45, 7) is 6.06. The maximum atomic E-state index is 5.39. The van der Waals surface area contributed by atoms with Crippen molar-refractivity contribution in [1.82, 2.24) is 19.7 Å². The van der Waals surface area contributed by atoms with E-state index in [2.05, 4.69) is 52.1 Å². The van der Waals surface area contributed by atoms with Crippen molar-refractivity contribution in [3.8, 4) is 16.8 Å². The Morgan fingerprint density at radius 1 is 1.20 bits per heavy atom. The monoisotopic (exact) mass is 332 g/mol. The quantitative estimate of drug-likeness (QED) is 0.585. The molecule has 3 heterocycles. The number of aromatic nitrogens is 4. The molecule has 0 radical (unpaired) electrons. The SMILES string of the molecule is Cc1noc(C)c1-c1cc(-n2cccc2C)c2nc(C3CC3)[nH]c2c1. The molecule has 1 fully saturated rings. The molecular weight excluding hydrogens is 312 g/mol. The van der Waals surface area contributed by atoms with Crippen molar-refractivity contribution in [2.24, 2.45) is 0 Å². The van der Waals surface area contributed by atoms with Crippen LogP contribution in [-0.4, -0.2) is 19.7 Å². The third-order valence-corrected chi connectivity index (χ3v) is 5.08. The summed E-state index contributed by atoms with van der Waals surface area (Å²) < 4.78 is 7.58. The van der Waals surface area contributed by atoms with Gasteiger partial charge in [-0.25, -0.2) is 4.98 Å². The predicted molar refractivity (Wildman–Crippen MR) is 97.1 cm³/mol. The van der Waals surface area contributed by atoms with Gasteiger partial charge >= 0.3 is 0 Å². The zero-order valence-electron chi connectivity index (χ0n) is 14.6. The smallest absolute Gasteiger partial charge is 0.141 e. The molecule has 0 atom stereocenters. The molecule has 0 saturated heterocycles. The van der Waals surface area contributed by atoms with E-state index < -0.39 is 0 Å². The van der Waals surface area contributed by atoms with Gasteiger partial charge < -0.3 is 14.1 Å². The minimum atomic E-state index is 0.591. The van der Waals surface area contributed by atoms with Gasteiger partial charge in [-0.3, -0.25) is 0 Å². The van der Waals surface area contributed by atoms with E-state index in [4.69, 9.17) is 9.51 Å². The van der Waals surface area contributed by atoms with Gasteiger partial charge in [-0.1, -0.05) is 5.16 Å². The first kappa shape index (κ1) is 14.5. The lowest BCUT2D eigenvalue weighted by Crippen LogP contribution is -1.97. The van der Waals surface area contributed by atoms with Gasteiger partial charge in [-0.15, -0.1) is 0 Å². The van der Waals surface area contributed by atoms with Crippen molar-refractivity contribution >= 4 is 11.0 Å². The number of fused-ring (bicyclic) bond motifs is 1. The average molecular weight is 332 g/mol. The summed E-state index contributed by atoms with van der Waals surface area (Å²) in [6.07, 6.45) is 4.55. The predicted octanol–water partition coefficient (Wildman–Crippen LogP) is 4.81. The summed E-state index contributed by atoms with van der Waals surface area (Å²) in [4.78, 5) is 8.47. The van der Waals surface area contributed by atoms with Crippen LogP contribution in [0.15, 0.2) is 35.0 Å². The van der Waals surface area contributed by atoms with Gasteiger partial charge in [0.1, 0.15) is 17.1 Å². The van der Waals surface area contributed by atoms with Crippen LogP contribution >= 0.6 is 0 Å². The molecule has 1 aromatic carbocycles. The Morgan fingerprint density at radius 3 is 2.68 bits per heavy atom. The number of H-pyrrole nitrogens is 1. The van der Waals surface area contributed by atoms with Gasteiger partial charge in [-0.05, 0) is 63.4 Å². The second-order valence-electron chi connectivity index (χ2n) is 7.01. The third-order valence-electron chi connectivity index (χ3n) is 5.08. The molecule has 25 heavy (non-hydrogen) atoms. The zero-order chi connectivity index (χ0) is 17.1. The standard InChI is InChI=1S/C20H20N4O/c1-11-5-4-8-24(11)17-10-15(18-12(2)23-25-13(18)3)9-16-19(17)22-20(21-16)14-6-7-14/h4-5,8-10,14H,6-7H2,1-3H3,(H,21,22). The van der Waals surface area contributed by atoms with Crippen LogP contribution in [0.3, 0.4) is 0 Å². The Morgan fingerprint density at radius 2 is 2.04 bits per heavy atom. The van der Waals surface area contributed by atoms with E-state index in [1.54, 1.807) is 0 Å². The fraction of sp³-hybridized carbons (Fsp3) is 0.300. The van der Waals surface area contributed by atoms with Crippen molar-refractivity contribution in [2.75, 3.05) is 0 Å². The number of benzene rings is 1. The number of aromatic amines is 1. The first-order valence-electron chi connectivity index (χ1n) is 8.73. The topological polar surface area (TPSA) is 59.6 Å². The second kappa shape index (κ2) is 5.09. The van der Waals surface area contributed by atoms with Crippen molar-refractivity contribution in [2.45, 2.75) is 39.5 Å². The number of imidazole rings is 1. The lowest BCUT2D eigenvalue weighted by atomic mass is 10.0. The highest BCUT2D eigenvalue weighted by atomic mass is 16.5. The Bertz CT molecular complexity index is 1070. The van der Waals surface area contributed by atoms with Crippen LogP contribution in [0, 0.1) is 20.8 Å². The van der Waals surface area contributed by atoms with Crippen molar-refractivity contribution < 1.29 is 4.52 Å². The van der Waals surface area contributed by atoms with E-state index in [0.717, 1.165) is 45.1 Å². The van der Waals surface area contributed by atoms with Crippen molar-refractivity contribution in [3.05, 3.63) is 53.4 Å². The summed E-state index contributed by atoms with van der Waals surface area (Å²) in [7, 11) is 0. The van der Waals surface area contributed by atoms with Crippen LogP contribution < -0.4 is 0 Å². The van der Waals surface area contributed by atoms with Crippen molar-refractivity contribution in [3.63, 3.8) is 0 Å². The molecule has 1 N–H and O–H groups in total. The van der Waals surface area contributed by atoms with Gasteiger partial charge in [0.15, 0.2) is 0 Å². The molecule has 0 aliphatic heterocycles. The zero-order valence-corrected chi connectivity index (χ0v) is 14.6. The van der Waals surface area contributed by atoms with Crippen LogP contribution in [0.25, 0.3) is 27.8 Å². The Hall–Kier alpha value is -2.82. The summed E-state index contributed by atoms with van der Waals surface area (Å²) >= 11 is 0. The Kier molecular flexibility index (Phi) is 2.95. The molecule has 1 saturated carbocycles. The molecule has 1 aliphatic carbocycles. The fourth-order valence-electron chi connectivity index (χ4n) is 3.63. The number of nitrogens with zero attached hydrogens (tertiary/aromatic N) is 3. The highest BCUT2D eigenvalue weighted by Gasteiger charge is 2.28. The minimum absolute atomic E-state index is 0.591. The van der Waals surface area contributed by atoms with E-state index in [9.17, 15) is 0 Å². The van der Waals surface area contributed by atoms with E-state index in [1.807, 2.05) is 13.8 Å². The molecule has 5 heteroatoms. The lowest BCUT2D eigenvalue weighted by molar-refractivity contribution is 0.393. The molecule has 0 bridgehead atoms. The number of nitrogens with one attached hydrogen (secondary N) is 1. The van der Waals surface area contributed by atoms with Crippen LogP contribution in [0.2, 0.25) is 0 Å². The summed E-state index contributed by atoms with van der Waals surface area (Å²) in [5.41, 5.74) is 7.47. The van der Waals surface area contributed by atoms with Gasteiger partial charge in [0.2, 0.25) is 0 Å². The van der Waals surface area contributed by atoms with E-state index >= 15 is 0 Å². The van der Waals surface area contributed by atoms with Crippen LogP contribution in [-0.2, 0) is 0 Å². The molecule has 5 rings (SSSR count). The van der Waals surface area contributed by atoms with Gasteiger partial charge in [-0.2, -0.15) is 0 Å². The largest absolute Gasteiger partial charge is 0.361 e. The number of hydrogen-bond acceptors (Lipinski definition) is 3. The number of hydrogen-bond donors (Lipinski definition) is 1. The van der Waals surface area contributed by atoms with Crippen LogP contribution in [0.5, 0.6) is 0 Å². The van der Waals surface area contributed by atoms with Gasteiger partial charge in [0, 0.05) is 23.4 Å². The maximum absolute atomic E-state index is 5.39. The molecule has 5 nitrogen and oxygen atoms in total. The van der Waals surface area contributed by atoms with Gasteiger partial charge in [0.05, 0.1) is 16.9 Å². The van der Waals surface area contributed by atoms with E-state index in [-0.39, 0.29) is 0 Å². The molecule has 4 aromatic rings. The minimum Gasteiger partial charge on any atom is -0.361 e. The maximum Gasteiger partial charge on any atom is 0.141 e. The molecule has 126 valence electrons. The molecule has 0 amide bonds. The number of rotatable bonds is 3. The molecular formula is C20H20N4O. The normalized spacial score (nSPS) is 14.5. The first-order chi connectivity index (χ1) is 12.1. The molecule has 3 aromatic heterocycles. The van der Waals surface area contributed by atoms with Crippen molar-refractivity contribution in [1.29, 1.82) is 0 Å². The first-order valence-corrected chi connectivity index (χ1v) is 8.73. The third kappa shape index (κ3) is 2.22. The van der Waals surface area contributed by atoms with Crippen LogP contribution in [0.4, 0.5) is 0 Å².